The maximum Gasteiger partial charge on any atom is 0.152 e. The Kier molecular flexibility index (Phi) is 2.77. The fraction of sp³-hybridized carbons (Fsp3) is 0.333. The van der Waals surface area contributed by atoms with Gasteiger partial charge in [0.2, 0.25) is 0 Å². The second-order valence-electron chi connectivity index (χ2n) is 1.39. The molecule has 0 spiro atoms. The second-order valence-corrected chi connectivity index (χ2v) is 1.39. The summed E-state index contributed by atoms with van der Waals surface area (Å²) in [5, 5.41) is 17.3. The molecule has 0 bridgehead atoms. The summed E-state index contributed by atoms with van der Waals surface area (Å²) in [7, 11) is 0. The molecule has 2 N–H and O–H groups in total. The van der Waals surface area contributed by atoms with Gasteiger partial charge in [-0.3, -0.25) is 0 Å². The second kappa shape index (κ2) is 3.13. The molecule has 0 aromatic carbocycles. The van der Waals surface area contributed by atoms with Gasteiger partial charge in [0.1, 0.15) is 5.76 Å². The molecule has 0 saturated heterocycles. The Morgan fingerprint density at radius 3 is 2.25 bits per heavy atom. The van der Waals surface area contributed by atoms with Gasteiger partial charge in [-0.05, 0) is 6.08 Å². The summed E-state index contributed by atoms with van der Waals surface area (Å²) in [5.41, 5.74) is 0. The highest BCUT2D eigenvalue weighted by atomic mass is 16.3. The van der Waals surface area contributed by atoms with Crippen LogP contribution in [0.5, 0.6) is 0 Å². The molecular formula is C6H10O2. The topological polar surface area (TPSA) is 40.5 Å². The van der Waals surface area contributed by atoms with E-state index < -0.39 is 0 Å². The van der Waals surface area contributed by atoms with Gasteiger partial charge < -0.3 is 10.2 Å². The van der Waals surface area contributed by atoms with Gasteiger partial charge in [0.05, 0.1) is 0 Å². The fourth-order valence-corrected chi connectivity index (χ4v) is 0.299. The first-order valence-corrected chi connectivity index (χ1v) is 2.45. The van der Waals surface area contributed by atoms with E-state index in [2.05, 4.69) is 6.58 Å². The van der Waals surface area contributed by atoms with Gasteiger partial charge in [-0.25, -0.2) is 0 Å². The molecule has 0 aliphatic heterocycles. The molecule has 0 unspecified atom stereocenters. The standard InChI is InChI=1S/C6H10O2/c1-3-5(7)6(8)4-2/h3,7-8H,1,4H2,2H3/b6-5-. The van der Waals surface area contributed by atoms with Crippen LogP contribution in [0.4, 0.5) is 0 Å². The van der Waals surface area contributed by atoms with Crippen molar-refractivity contribution in [3.05, 3.63) is 24.2 Å². The zero-order valence-corrected chi connectivity index (χ0v) is 4.89. The van der Waals surface area contributed by atoms with E-state index in [0.29, 0.717) is 6.42 Å². The number of aliphatic hydroxyl groups excluding tert-OH is 2. The molecule has 0 radical (unpaired) electrons. The van der Waals surface area contributed by atoms with Crippen molar-refractivity contribution in [2.75, 3.05) is 0 Å². The van der Waals surface area contributed by atoms with Gasteiger partial charge in [0.25, 0.3) is 0 Å². The third-order valence-corrected chi connectivity index (χ3v) is 0.824. The van der Waals surface area contributed by atoms with Crippen molar-refractivity contribution < 1.29 is 10.2 Å². The Morgan fingerprint density at radius 2 is 2.12 bits per heavy atom. The summed E-state index contributed by atoms with van der Waals surface area (Å²) < 4.78 is 0. The van der Waals surface area contributed by atoms with Crippen LogP contribution in [0.25, 0.3) is 0 Å². The minimum atomic E-state index is -0.132. The number of rotatable bonds is 2. The minimum Gasteiger partial charge on any atom is -0.508 e. The molecule has 0 rings (SSSR count). The van der Waals surface area contributed by atoms with Crippen LogP contribution in [-0.4, -0.2) is 10.2 Å². The first kappa shape index (κ1) is 7.08. The van der Waals surface area contributed by atoms with Gasteiger partial charge in [-0.15, -0.1) is 0 Å². The van der Waals surface area contributed by atoms with Crippen molar-refractivity contribution in [3.8, 4) is 0 Å². The highest BCUT2D eigenvalue weighted by Crippen LogP contribution is 2.00. The van der Waals surface area contributed by atoms with E-state index in [9.17, 15) is 0 Å². The average molecular weight is 114 g/mol. The van der Waals surface area contributed by atoms with Crippen LogP contribution in [-0.2, 0) is 0 Å². The van der Waals surface area contributed by atoms with Crippen LogP contribution >= 0.6 is 0 Å². The lowest BCUT2D eigenvalue weighted by Crippen LogP contribution is -1.83. The Balaban J connectivity index is 4.03. The van der Waals surface area contributed by atoms with Crippen molar-refractivity contribution in [1.82, 2.24) is 0 Å². The van der Waals surface area contributed by atoms with Crippen LogP contribution < -0.4 is 0 Å². The van der Waals surface area contributed by atoms with Crippen LogP contribution in [0.1, 0.15) is 13.3 Å². The molecule has 0 aromatic rings. The average Bonchev–Trinajstić information content (AvgIpc) is 1.84. The SMILES string of the molecule is C=C/C(O)=C(/O)CC. The molecule has 2 heteroatoms. The van der Waals surface area contributed by atoms with Gasteiger partial charge in [-0.1, -0.05) is 13.5 Å². The number of hydrogen-bond acceptors (Lipinski definition) is 2. The quantitative estimate of drug-likeness (QED) is 0.425. The third-order valence-electron chi connectivity index (χ3n) is 0.824. The zero-order chi connectivity index (χ0) is 6.57. The van der Waals surface area contributed by atoms with E-state index >= 15 is 0 Å². The van der Waals surface area contributed by atoms with Crippen molar-refractivity contribution >= 4 is 0 Å². The summed E-state index contributed by atoms with van der Waals surface area (Å²) in [6.07, 6.45) is 1.65. The highest BCUT2D eigenvalue weighted by Gasteiger charge is 1.92. The van der Waals surface area contributed by atoms with Crippen LogP contribution in [0.3, 0.4) is 0 Å². The molecule has 0 atom stereocenters. The first-order valence-electron chi connectivity index (χ1n) is 2.45. The molecule has 0 aromatic heterocycles. The highest BCUT2D eigenvalue weighted by molar-refractivity contribution is 5.10. The van der Waals surface area contributed by atoms with Crippen molar-refractivity contribution in [3.63, 3.8) is 0 Å². The van der Waals surface area contributed by atoms with Crippen molar-refractivity contribution in [2.24, 2.45) is 0 Å². The summed E-state index contributed by atoms with van der Waals surface area (Å²) in [6.45, 7) is 5.01. The molecule has 0 saturated carbocycles. The largest absolute Gasteiger partial charge is 0.508 e. The Bertz CT molecular complexity index is 114. The molecule has 0 heterocycles. The molecular weight excluding hydrogens is 104 g/mol. The Morgan fingerprint density at radius 1 is 1.62 bits per heavy atom. The molecule has 0 fully saturated rings. The zero-order valence-electron chi connectivity index (χ0n) is 4.89. The van der Waals surface area contributed by atoms with E-state index in [0.717, 1.165) is 0 Å². The molecule has 0 amide bonds. The van der Waals surface area contributed by atoms with E-state index in [-0.39, 0.29) is 11.5 Å². The summed E-state index contributed by atoms with van der Waals surface area (Å²) in [4.78, 5) is 0. The number of aliphatic hydroxyl groups is 2. The molecule has 2 nitrogen and oxygen atoms in total. The van der Waals surface area contributed by atoms with E-state index in [1.807, 2.05) is 0 Å². The minimum absolute atomic E-state index is 0.0139. The number of allylic oxidation sites excluding steroid dienone is 2. The van der Waals surface area contributed by atoms with E-state index in [1.165, 1.54) is 6.08 Å². The smallest absolute Gasteiger partial charge is 0.152 e. The van der Waals surface area contributed by atoms with E-state index in [4.69, 9.17) is 10.2 Å². The maximum atomic E-state index is 8.68. The lowest BCUT2D eigenvalue weighted by atomic mass is 10.3. The van der Waals surface area contributed by atoms with Crippen LogP contribution in [0, 0.1) is 0 Å². The summed E-state index contributed by atoms with van der Waals surface area (Å²) >= 11 is 0. The summed E-state index contributed by atoms with van der Waals surface area (Å²) in [5.74, 6) is -0.146. The molecule has 46 valence electrons. The van der Waals surface area contributed by atoms with Crippen LogP contribution in [0.2, 0.25) is 0 Å². The van der Waals surface area contributed by atoms with Gasteiger partial charge in [-0.2, -0.15) is 0 Å². The Labute approximate surface area is 48.8 Å². The lowest BCUT2D eigenvalue weighted by molar-refractivity contribution is 0.327. The predicted octanol–water partition coefficient (Wildman–Crippen LogP) is 1.91. The third kappa shape index (κ3) is 1.69. The number of hydrogen-bond donors (Lipinski definition) is 2. The van der Waals surface area contributed by atoms with Crippen molar-refractivity contribution in [1.29, 1.82) is 0 Å². The van der Waals surface area contributed by atoms with Gasteiger partial charge in [0, 0.05) is 6.42 Å². The predicted molar refractivity (Wildman–Crippen MR) is 32.8 cm³/mol. The molecule has 8 heavy (non-hydrogen) atoms. The first-order chi connectivity index (χ1) is 3.72. The monoisotopic (exact) mass is 114 g/mol. The normalized spacial score (nSPS) is 12.6. The molecule has 0 aliphatic carbocycles. The van der Waals surface area contributed by atoms with Crippen molar-refractivity contribution in [2.45, 2.75) is 13.3 Å². The van der Waals surface area contributed by atoms with Gasteiger partial charge in [0.15, 0.2) is 5.76 Å². The fourth-order valence-electron chi connectivity index (χ4n) is 0.299. The Hall–Kier alpha value is -0.920. The maximum absolute atomic E-state index is 8.68. The lowest BCUT2D eigenvalue weighted by Gasteiger charge is -1.93. The van der Waals surface area contributed by atoms with Gasteiger partial charge >= 0.3 is 0 Å². The summed E-state index contributed by atoms with van der Waals surface area (Å²) in [6, 6.07) is 0. The van der Waals surface area contributed by atoms with Crippen LogP contribution in [0.15, 0.2) is 24.2 Å². The van der Waals surface area contributed by atoms with E-state index in [1.54, 1.807) is 6.92 Å². The molecule has 0 aliphatic rings.